The fourth-order valence-electron chi connectivity index (χ4n) is 1.49. The maximum absolute atomic E-state index is 4.30. The average molecular weight is 234 g/mol. The van der Waals surface area contributed by atoms with Crippen LogP contribution >= 0.6 is 0 Å². The van der Waals surface area contributed by atoms with Gasteiger partial charge in [-0.3, -0.25) is 0 Å². The van der Waals surface area contributed by atoms with E-state index in [2.05, 4.69) is 16.5 Å². The molecule has 1 aromatic carbocycles. The minimum atomic E-state index is 0.698. The SMILES string of the molecule is C=C/C=C\C=C/c1ncc(-c2ccccc2)cn1. The van der Waals surface area contributed by atoms with Gasteiger partial charge in [-0.25, -0.2) is 9.97 Å². The molecule has 0 radical (unpaired) electrons. The average Bonchev–Trinajstić information content (AvgIpc) is 2.45. The van der Waals surface area contributed by atoms with E-state index >= 15 is 0 Å². The second-order valence-corrected chi connectivity index (χ2v) is 3.68. The van der Waals surface area contributed by atoms with Crippen LogP contribution in [0.3, 0.4) is 0 Å². The van der Waals surface area contributed by atoms with Crippen LogP contribution in [0.5, 0.6) is 0 Å². The van der Waals surface area contributed by atoms with Crippen molar-refractivity contribution in [1.82, 2.24) is 9.97 Å². The smallest absolute Gasteiger partial charge is 0.151 e. The Morgan fingerprint density at radius 2 is 1.56 bits per heavy atom. The van der Waals surface area contributed by atoms with Gasteiger partial charge in [-0.15, -0.1) is 0 Å². The summed E-state index contributed by atoms with van der Waals surface area (Å²) in [6.45, 7) is 3.60. The highest BCUT2D eigenvalue weighted by atomic mass is 14.8. The molecule has 2 aromatic rings. The molecule has 0 atom stereocenters. The molecule has 0 aliphatic heterocycles. The summed E-state index contributed by atoms with van der Waals surface area (Å²) >= 11 is 0. The summed E-state index contributed by atoms with van der Waals surface area (Å²) < 4.78 is 0. The van der Waals surface area contributed by atoms with E-state index in [0.717, 1.165) is 11.1 Å². The predicted octanol–water partition coefficient (Wildman–Crippen LogP) is 3.90. The summed E-state index contributed by atoms with van der Waals surface area (Å²) in [6, 6.07) is 10.1. The van der Waals surface area contributed by atoms with Gasteiger partial charge in [-0.05, 0) is 11.6 Å². The molecular weight excluding hydrogens is 220 g/mol. The summed E-state index contributed by atoms with van der Waals surface area (Å²) in [5, 5.41) is 0. The number of hydrogen-bond acceptors (Lipinski definition) is 2. The molecule has 0 saturated carbocycles. The molecular formula is C16H14N2. The first-order chi connectivity index (χ1) is 8.90. The topological polar surface area (TPSA) is 25.8 Å². The van der Waals surface area contributed by atoms with E-state index < -0.39 is 0 Å². The monoisotopic (exact) mass is 234 g/mol. The van der Waals surface area contributed by atoms with Gasteiger partial charge in [0.05, 0.1) is 0 Å². The molecule has 0 saturated heterocycles. The molecule has 0 amide bonds. The van der Waals surface area contributed by atoms with E-state index in [1.807, 2.05) is 67.0 Å². The molecule has 0 aliphatic carbocycles. The summed E-state index contributed by atoms with van der Waals surface area (Å²) in [5.74, 6) is 0.698. The summed E-state index contributed by atoms with van der Waals surface area (Å²) in [6.07, 6.45) is 12.9. The Labute approximate surface area is 107 Å². The van der Waals surface area contributed by atoms with Gasteiger partial charge in [0, 0.05) is 18.0 Å². The van der Waals surface area contributed by atoms with Crippen LogP contribution in [0.25, 0.3) is 17.2 Å². The molecule has 0 aliphatic rings. The van der Waals surface area contributed by atoms with Crippen molar-refractivity contribution < 1.29 is 0 Å². The van der Waals surface area contributed by atoms with Gasteiger partial charge in [0.25, 0.3) is 0 Å². The lowest BCUT2D eigenvalue weighted by molar-refractivity contribution is 1.14. The Morgan fingerprint density at radius 1 is 0.833 bits per heavy atom. The van der Waals surface area contributed by atoms with E-state index in [1.165, 1.54) is 0 Å². The molecule has 2 rings (SSSR count). The van der Waals surface area contributed by atoms with E-state index in [9.17, 15) is 0 Å². The number of nitrogens with zero attached hydrogens (tertiary/aromatic N) is 2. The normalized spacial score (nSPS) is 11.1. The highest BCUT2D eigenvalue weighted by Gasteiger charge is 1.97. The third kappa shape index (κ3) is 3.25. The van der Waals surface area contributed by atoms with Gasteiger partial charge in [-0.2, -0.15) is 0 Å². The van der Waals surface area contributed by atoms with Gasteiger partial charge in [0.15, 0.2) is 5.82 Å². The standard InChI is InChI=1S/C16H14N2/c1-2-3-4-8-11-16-17-12-15(13-18-16)14-9-6-5-7-10-14/h2-13H,1H2/b4-3-,11-8-. The van der Waals surface area contributed by atoms with Crippen LogP contribution in [-0.4, -0.2) is 9.97 Å². The molecule has 0 fully saturated rings. The van der Waals surface area contributed by atoms with Gasteiger partial charge in [0.2, 0.25) is 0 Å². The zero-order valence-corrected chi connectivity index (χ0v) is 10.0. The lowest BCUT2D eigenvalue weighted by Gasteiger charge is -1.99. The number of allylic oxidation sites excluding steroid dienone is 4. The minimum absolute atomic E-state index is 0.698. The van der Waals surface area contributed by atoms with Crippen molar-refractivity contribution in [2.45, 2.75) is 0 Å². The first-order valence-corrected chi connectivity index (χ1v) is 5.73. The Morgan fingerprint density at radius 3 is 2.22 bits per heavy atom. The van der Waals surface area contributed by atoms with Crippen molar-refractivity contribution in [3.63, 3.8) is 0 Å². The van der Waals surface area contributed by atoms with Crippen LogP contribution < -0.4 is 0 Å². The maximum atomic E-state index is 4.30. The Bertz CT molecular complexity index is 551. The van der Waals surface area contributed by atoms with Crippen LogP contribution in [0.2, 0.25) is 0 Å². The molecule has 1 heterocycles. The van der Waals surface area contributed by atoms with Crippen molar-refractivity contribution in [1.29, 1.82) is 0 Å². The molecule has 0 N–H and O–H groups in total. The molecule has 2 heteroatoms. The molecule has 0 spiro atoms. The fraction of sp³-hybridized carbons (Fsp3) is 0. The van der Waals surface area contributed by atoms with Crippen molar-refractivity contribution in [2.24, 2.45) is 0 Å². The minimum Gasteiger partial charge on any atom is -0.236 e. The summed E-state index contributed by atoms with van der Waals surface area (Å²) in [5.41, 5.74) is 2.15. The van der Waals surface area contributed by atoms with Crippen molar-refractivity contribution in [2.75, 3.05) is 0 Å². The zero-order chi connectivity index (χ0) is 12.6. The Balaban J connectivity index is 2.13. The van der Waals surface area contributed by atoms with Crippen LogP contribution in [0.15, 0.2) is 73.6 Å². The highest BCUT2D eigenvalue weighted by molar-refractivity contribution is 5.61. The van der Waals surface area contributed by atoms with Crippen molar-refractivity contribution in [3.8, 4) is 11.1 Å². The van der Waals surface area contributed by atoms with Crippen LogP contribution in [-0.2, 0) is 0 Å². The lowest BCUT2D eigenvalue weighted by atomic mass is 10.1. The molecule has 2 nitrogen and oxygen atoms in total. The lowest BCUT2D eigenvalue weighted by Crippen LogP contribution is -1.87. The van der Waals surface area contributed by atoms with Gasteiger partial charge < -0.3 is 0 Å². The third-order valence-electron chi connectivity index (χ3n) is 2.38. The highest BCUT2D eigenvalue weighted by Crippen LogP contribution is 2.16. The molecule has 88 valence electrons. The zero-order valence-electron chi connectivity index (χ0n) is 10.0. The second kappa shape index (κ2) is 6.30. The largest absolute Gasteiger partial charge is 0.236 e. The van der Waals surface area contributed by atoms with Crippen molar-refractivity contribution >= 4 is 6.08 Å². The third-order valence-corrected chi connectivity index (χ3v) is 2.38. The Hall–Kier alpha value is -2.48. The molecule has 0 bridgehead atoms. The summed E-state index contributed by atoms with van der Waals surface area (Å²) in [7, 11) is 0. The summed E-state index contributed by atoms with van der Waals surface area (Å²) in [4.78, 5) is 8.59. The Kier molecular flexibility index (Phi) is 4.20. The van der Waals surface area contributed by atoms with Gasteiger partial charge >= 0.3 is 0 Å². The van der Waals surface area contributed by atoms with E-state index in [1.54, 1.807) is 6.08 Å². The van der Waals surface area contributed by atoms with Crippen LogP contribution in [0, 0.1) is 0 Å². The number of rotatable bonds is 4. The van der Waals surface area contributed by atoms with E-state index in [4.69, 9.17) is 0 Å². The number of benzene rings is 1. The quantitative estimate of drug-likeness (QED) is 0.750. The van der Waals surface area contributed by atoms with Gasteiger partial charge in [0.1, 0.15) is 0 Å². The fourth-order valence-corrected chi connectivity index (χ4v) is 1.49. The predicted molar refractivity (Wildman–Crippen MR) is 75.8 cm³/mol. The molecule has 0 unspecified atom stereocenters. The number of aromatic nitrogens is 2. The molecule has 18 heavy (non-hydrogen) atoms. The first kappa shape index (κ1) is 12.0. The molecule has 1 aromatic heterocycles. The van der Waals surface area contributed by atoms with Crippen LogP contribution in [0.4, 0.5) is 0 Å². The second-order valence-electron chi connectivity index (χ2n) is 3.68. The number of hydrogen-bond donors (Lipinski definition) is 0. The van der Waals surface area contributed by atoms with Crippen LogP contribution in [0.1, 0.15) is 5.82 Å². The van der Waals surface area contributed by atoms with E-state index in [-0.39, 0.29) is 0 Å². The maximum Gasteiger partial charge on any atom is 0.151 e. The van der Waals surface area contributed by atoms with Crippen molar-refractivity contribution in [3.05, 3.63) is 79.4 Å². The van der Waals surface area contributed by atoms with Gasteiger partial charge in [-0.1, -0.05) is 61.2 Å². The first-order valence-electron chi connectivity index (χ1n) is 5.73. The van der Waals surface area contributed by atoms with E-state index in [0.29, 0.717) is 5.82 Å².